The third-order valence-corrected chi connectivity index (χ3v) is 3.06. The molecule has 2 aromatic carbocycles. The van der Waals surface area contributed by atoms with Crippen molar-refractivity contribution < 1.29 is 0 Å². The van der Waals surface area contributed by atoms with Gasteiger partial charge in [-0.3, -0.25) is 0 Å². The van der Waals surface area contributed by atoms with Gasteiger partial charge in [0.2, 0.25) is 0 Å². The molecule has 0 saturated carbocycles. The first kappa shape index (κ1) is 12.3. The maximum atomic E-state index is 4.62. The van der Waals surface area contributed by atoms with E-state index >= 15 is 0 Å². The van der Waals surface area contributed by atoms with E-state index in [4.69, 9.17) is 0 Å². The molecule has 0 aliphatic carbocycles. The maximum absolute atomic E-state index is 4.62. The van der Waals surface area contributed by atoms with Crippen LogP contribution in [0.3, 0.4) is 0 Å². The normalized spacial score (nSPS) is 9.85. The molecule has 1 aromatic heterocycles. The first-order chi connectivity index (χ1) is 9.88. The lowest BCUT2D eigenvalue weighted by Gasteiger charge is -2.02. The zero-order valence-electron chi connectivity index (χ0n) is 11.2. The van der Waals surface area contributed by atoms with Crippen molar-refractivity contribution in [3.63, 3.8) is 0 Å². The van der Waals surface area contributed by atoms with Gasteiger partial charge in [-0.25, -0.2) is 4.98 Å². The van der Waals surface area contributed by atoms with Crippen molar-refractivity contribution in [1.82, 2.24) is 9.97 Å². The number of H-pyrrole nitrogens is 1. The lowest BCUT2D eigenvalue weighted by molar-refractivity contribution is 1.25. The molecular weight excluding hydrogens is 244 g/mol. The van der Waals surface area contributed by atoms with Crippen LogP contribution in [0.4, 0.5) is 0 Å². The summed E-state index contributed by atoms with van der Waals surface area (Å²) in [5.41, 5.74) is 4.15. The maximum Gasteiger partial charge on any atom is 0.183 e. The van der Waals surface area contributed by atoms with E-state index in [0.29, 0.717) is 5.82 Å². The van der Waals surface area contributed by atoms with Gasteiger partial charge in [0.15, 0.2) is 5.82 Å². The minimum Gasteiger partial charge on any atom is -0.331 e. The van der Waals surface area contributed by atoms with Crippen molar-refractivity contribution in [2.24, 2.45) is 0 Å². The number of hydrogen-bond donors (Lipinski definition) is 1. The fraction of sp³-hybridized carbons (Fsp3) is 0.0556. The molecule has 1 heterocycles. The second kappa shape index (κ2) is 5.46. The summed E-state index contributed by atoms with van der Waals surface area (Å²) in [6.07, 6.45) is 0. The van der Waals surface area contributed by atoms with Crippen LogP contribution in [0.15, 0.2) is 60.7 Å². The lowest BCUT2D eigenvalue weighted by Crippen LogP contribution is -1.82. The summed E-state index contributed by atoms with van der Waals surface area (Å²) in [5, 5.41) is 0. The van der Waals surface area contributed by atoms with E-state index in [2.05, 4.69) is 46.1 Å². The molecular formula is C18H14N2. The van der Waals surface area contributed by atoms with Gasteiger partial charge in [0.1, 0.15) is 0 Å². The molecule has 0 spiro atoms. The molecule has 0 bridgehead atoms. The molecule has 0 aliphatic rings. The van der Waals surface area contributed by atoms with Gasteiger partial charge in [0.25, 0.3) is 0 Å². The van der Waals surface area contributed by atoms with Crippen molar-refractivity contribution in [1.29, 1.82) is 0 Å². The van der Waals surface area contributed by atoms with Gasteiger partial charge >= 0.3 is 0 Å². The Morgan fingerprint density at radius 3 is 2.05 bits per heavy atom. The highest BCUT2D eigenvalue weighted by molar-refractivity contribution is 5.78. The molecule has 0 radical (unpaired) electrons. The van der Waals surface area contributed by atoms with Crippen LogP contribution in [0.2, 0.25) is 0 Å². The number of hydrogen-bond acceptors (Lipinski definition) is 1. The van der Waals surface area contributed by atoms with Gasteiger partial charge in [-0.1, -0.05) is 66.6 Å². The Kier molecular flexibility index (Phi) is 3.34. The molecule has 3 aromatic rings. The quantitative estimate of drug-likeness (QED) is 0.688. The van der Waals surface area contributed by atoms with Crippen LogP contribution < -0.4 is 0 Å². The highest BCUT2D eigenvalue weighted by Crippen LogP contribution is 2.29. The smallest absolute Gasteiger partial charge is 0.183 e. The zero-order valence-corrected chi connectivity index (χ0v) is 11.2. The minimum atomic E-state index is 0.699. The highest BCUT2D eigenvalue weighted by Gasteiger charge is 2.12. The standard InChI is InChI=1S/C18H14N2/c1-2-9-16-19-17(14-10-5-3-6-11-14)18(20-16)15-12-7-4-8-13-15/h3-8,10-13H,1H3,(H,19,20). The third kappa shape index (κ3) is 2.34. The van der Waals surface area contributed by atoms with Crippen LogP contribution in [0.25, 0.3) is 22.5 Å². The molecule has 1 N–H and O–H groups in total. The Bertz CT molecular complexity index is 702. The molecule has 0 unspecified atom stereocenters. The van der Waals surface area contributed by atoms with Crippen LogP contribution in [-0.4, -0.2) is 9.97 Å². The van der Waals surface area contributed by atoms with Crippen LogP contribution in [0, 0.1) is 11.8 Å². The second-order valence-corrected chi connectivity index (χ2v) is 4.42. The van der Waals surface area contributed by atoms with Gasteiger partial charge in [-0.15, -0.1) is 0 Å². The number of imidazole rings is 1. The Hall–Kier alpha value is -2.79. The summed E-state index contributed by atoms with van der Waals surface area (Å²) in [5.74, 6) is 6.57. The molecule has 0 aliphatic heterocycles. The topological polar surface area (TPSA) is 28.7 Å². The first-order valence-electron chi connectivity index (χ1n) is 6.52. The number of benzene rings is 2. The summed E-state index contributed by atoms with van der Waals surface area (Å²) in [4.78, 5) is 7.93. The Balaban J connectivity index is 2.19. The minimum absolute atomic E-state index is 0.699. The number of nitrogens with one attached hydrogen (secondary N) is 1. The average molecular weight is 258 g/mol. The molecule has 2 nitrogen and oxygen atoms in total. The summed E-state index contributed by atoms with van der Waals surface area (Å²) in [7, 11) is 0. The molecule has 0 saturated heterocycles. The van der Waals surface area contributed by atoms with E-state index in [0.717, 1.165) is 22.5 Å². The summed E-state index contributed by atoms with van der Waals surface area (Å²) < 4.78 is 0. The Morgan fingerprint density at radius 2 is 1.45 bits per heavy atom. The van der Waals surface area contributed by atoms with Crippen LogP contribution in [0.5, 0.6) is 0 Å². The van der Waals surface area contributed by atoms with Crippen molar-refractivity contribution in [2.45, 2.75) is 6.92 Å². The SMILES string of the molecule is CC#Cc1nc(-c2ccccc2)c(-c2ccccc2)[nH]1. The van der Waals surface area contributed by atoms with Gasteiger partial charge in [-0.2, -0.15) is 0 Å². The van der Waals surface area contributed by atoms with E-state index in [9.17, 15) is 0 Å². The number of nitrogens with zero attached hydrogens (tertiary/aromatic N) is 1. The molecule has 3 rings (SSSR count). The summed E-state index contributed by atoms with van der Waals surface area (Å²) in [6.45, 7) is 1.81. The highest BCUT2D eigenvalue weighted by atomic mass is 14.9. The first-order valence-corrected chi connectivity index (χ1v) is 6.52. The van der Waals surface area contributed by atoms with Crippen LogP contribution in [0.1, 0.15) is 12.7 Å². The van der Waals surface area contributed by atoms with E-state index in [1.807, 2.05) is 43.3 Å². The molecule has 0 fully saturated rings. The lowest BCUT2D eigenvalue weighted by atomic mass is 10.1. The number of rotatable bonds is 2. The largest absolute Gasteiger partial charge is 0.331 e. The van der Waals surface area contributed by atoms with Crippen molar-refractivity contribution in [3.05, 3.63) is 66.5 Å². The van der Waals surface area contributed by atoms with Gasteiger partial charge in [0.05, 0.1) is 11.4 Å². The molecule has 20 heavy (non-hydrogen) atoms. The fourth-order valence-electron chi connectivity index (χ4n) is 2.17. The average Bonchev–Trinajstić information content (AvgIpc) is 2.93. The predicted octanol–water partition coefficient (Wildman–Crippen LogP) is 4.12. The third-order valence-electron chi connectivity index (χ3n) is 3.06. The van der Waals surface area contributed by atoms with Gasteiger partial charge in [-0.05, 0) is 12.8 Å². The van der Waals surface area contributed by atoms with Crippen molar-refractivity contribution in [3.8, 4) is 34.4 Å². The Labute approximate surface area is 118 Å². The number of aromatic nitrogens is 2. The van der Waals surface area contributed by atoms with E-state index in [1.54, 1.807) is 0 Å². The Morgan fingerprint density at radius 1 is 0.850 bits per heavy atom. The summed E-state index contributed by atoms with van der Waals surface area (Å²) in [6, 6.07) is 20.4. The zero-order chi connectivity index (χ0) is 13.8. The van der Waals surface area contributed by atoms with E-state index in [-0.39, 0.29) is 0 Å². The monoisotopic (exact) mass is 258 g/mol. The van der Waals surface area contributed by atoms with E-state index < -0.39 is 0 Å². The number of aromatic amines is 1. The van der Waals surface area contributed by atoms with Crippen molar-refractivity contribution in [2.75, 3.05) is 0 Å². The van der Waals surface area contributed by atoms with Crippen LogP contribution >= 0.6 is 0 Å². The molecule has 0 amide bonds. The van der Waals surface area contributed by atoms with E-state index in [1.165, 1.54) is 0 Å². The fourth-order valence-corrected chi connectivity index (χ4v) is 2.17. The van der Waals surface area contributed by atoms with Crippen molar-refractivity contribution >= 4 is 0 Å². The van der Waals surface area contributed by atoms with Gasteiger partial charge < -0.3 is 4.98 Å². The van der Waals surface area contributed by atoms with Crippen LogP contribution in [-0.2, 0) is 0 Å². The van der Waals surface area contributed by atoms with Gasteiger partial charge in [0, 0.05) is 11.1 Å². The molecule has 96 valence electrons. The molecule has 0 atom stereocenters. The predicted molar refractivity (Wildman–Crippen MR) is 82.0 cm³/mol. The second-order valence-electron chi connectivity index (χ2n) is 4.42. The summed E-state index contributed by atoms with van der Waals surface area (Å²) >= 11 is 0. The molecule has 2 heteroatoms.